The Labute approximate surface area is 376 Å². The summed E-state index contributed by atoms with van der Waals surface area (Å²) in [5.74, 6) is -8.43. The number of carbonyl (C=O) groups excluding carboxylic acids is 4. The van der Waals surface area contributed by atoms with Crippen LogP contribution in [0, 0.1) is 22.5 Å². The summed E-state index contributed by atoms with van der Waals surface area (Å²) in [4.78, 5) is 57.4. The molecule has 67 heavy (non-hydrogen) atoms. The van der Waals surface area contributed by atoms with Gasteiger partial charge < -0.3 is 32.5 Å². The molecule has 2 aromatic carbocycles. The molecule has 26 heteroatoms. The number of alkyl halides is 10. The molecule has 14 nitrogen and oxygen atoms in total. The molecule has 0 saturated heterocycles. The van der Waals surface area contributed by atoms with Gasteiger partial charge in [0.25, 0.3) is 5.91 Å². The van der Waals surface area contributed by atoms with Crippen LogP contribution in [-0.2, 0) is 32.1 Å². The van der Waals surface area contributed by atoms with Gasteiger partial charge in [-0.05, 0) is 62.9 Å². The van der Waals surface area contributed by atoms with E-state index in [4.69, 9.17) is 11.5 Å². The fourth-order valence-corrected chi connectivity index (χ4v) is 6.05. The number of hydrazine groups is 1. The number of halogens is 12. The van der Waals surface area contributed by atoms with E-state index in [1.54, 1.807) is 0 Å². The number of benzene rings is 2. The molecule has 372 valence electrons. The number of nitrogens with two attached hydrogens (primary N) is 2. The number of allylic oxidation sites excluding steroid dienone is 2. The van der Waals surface area contributed by atoms with E-state index in [1.807, 2.05) is 16.1 Å². The number of carbonyl (C=O) groups is 4. The molecule has 2 aromatic rings. The van der Waals surface area contributed by atoms with E-state index < -0.39 is 132 Å². The molecular weight excluding hydrogens is 926 g/mol. The highest BCUT2D eigenvalue weighted by Crippen LogP contribution is 2.42. The Hall–Kier alpha value is -6.18. The molecule has 0 heterocycles. The highest BCUT2D eigenvalue weighted by atomic mass is 19.4. The Morgan fingerprint density at radius 3 is 1.51 bits per heavy atom. The predicted octanol–water partition coefficient (Wildman–Crippen LogP) is 5.26. The van der Waals surface area contributed by atoms with Crippen LogP contribution in [0.1, 0.15) is 63.8 Å². The molecule has 0 aromatic heterocycles. The van der Waals surface area contributed by atoms with Gasteiger partial charge in [-0.15, -0.1) is 0 Å². The van der Waals surface area contributed by atoms with Gasteiger partial charge in [0.1, 0.15) is 23.7 Å². The molecule has 1 unspecified atom stereocenters. The fraction of sp³-hybridized carbons (Fsp3) is 0.463. The van der Waals surface area contributed by atoms with Gasteiger partial charge in [-0.1, -0.05) is 24.3 Å². The second-order valence-corrected chi connectivity index (χ2v) is 15.9. The van der Waals surface area contributed by atoms with E-state index in [-0.39, 0.29) is 16.7 Å². The van der Waals surface area contributed by atoms with Crippen LogP contribution in [0.5, 0.6) is 0 Å². The summed E-state index contributed by atoms with van der Waals surface area (Å²) in [6, 6.07) is -0.323. The second kappa shape index (κ2) is 23.5. The monoisotopic (exact) mass is 975 g/mol. The molecule has 0 fully saturated rings. The van der Waals surface area contributed by atoms with Crippen molar-refractivity contribution in [1.29, 1.82) is 0 Å². The summed E-state index contributed by atoms with van der Waals surface area (Å²) in [6.07, 6.45) is -10.3. The number of hydrogen-bond acceptors (Lipinski definition) is 10. The smallest absolute Gasteiger partial charge is 0.396 e. The van der Waals surface area contributed by atoms with Gasteiger partial charge in [-0.25, -0.2) is 23.8 Å². The highest BCUT2D eigenvalue weighted by molar-refractivity contribution is 6.10. The van der Waals surface area contributed by atoms with Crippen LogP contribution in [-0.4, -0.2) is 102 Å². The first-order valence-corrected chi connectivity index (χ1v) is 19.5. The van der Waals surface area contributed by atoms with Crippen LogP contribution < -0.4 is 32.8 Å². The predicted molar refractivity (Wildman–Crippen MR) is 221 cm³/mol. The Kier molecular flexibility index (Phi) is 20.0. The molecule has 4 atom stereocenters. The van der Waals surface area contributed by atoms with Crippen LogP contribution in [0.3, 0.4) is 0 Å². The topological polar surface area (TPSA) is 217 Å². The van der Waals surface area contributed by atoms with E-state index >= 15 is 8.78 Å². The molecule has 0 saturated carbocycles. The van der Waals surface area contributed by atoms with Crippen molar-refractivity contribution in [2.24, 2.45) is 32.3 Å². The maximum atomic E-state index is 15.8. The zero-order valence-electron chi connectivity index (χ0n) is 36.5. The average molecular weight is 976 g/mol. The number of hydrogen-bond donors (Lipinski definition) is 7. The molecule has 0 aliphatic rings. The maximum Gasteiger partial charge on any atom is 0.396 e. The molecule has 0 spiro atoms. The zero-order chi connectivity index (χ0) is 51.4. The highest BCUT2D eigenvalue weighted by Gasteiger charge is 2.57. The van der Waals surface area contributed by atoms with Crippen LogP contribution >= 0.6 is 0 Å². The lowest BCUT2D eigenvalue weighted by Gasteiger charge is -2.38. The molecule has 0 aliphatic heterocycles. The van der Waals surface area contributed by atoms with Gasteiger partial charge in [-0.2, -0.15) is 43.9 Å². The third kappa shape index (κ3) is 16.0. The molecule has 9 N–H and O–H groups in total. The molecule has 0 bridgehead atoms. The maximum absolute atomic E-state index is 15.8. The Morgan fingerprint density at radius 1 is 0.701 bits per heavy atom. The Balaban J connectivity index is 2.85. The van der Waals surface area contributed by atoms with Crippen molar-refractivity contribution in [2.45, 2.75) is 104 Å². The quantitative estimate of drug-likeness (QED) is 0.0378. The number of nitrogens with zero attached hydrogens (tertiary/aromatic N) is 3. The van der Waals surface area contributed by atoms with E-state index in [9.17, 15) is 68.2 Å². The third-order valence-corrected chi connectivity index (χ3v) is 10.2. The van der Waals surface area contributed by atoms with E-state index in [1.165, 1.54) is 24.3 Å². The molecule has 2 rings (SSSR count). The fourth-order valence-electron chi connectivity index (χ4n) is 6.05. The van der Waals surface area contributed by atoms with Crippen molar-refractivity contribution in [1.82, 2.24) is 26.4 Å². The van der Waals surface area contributed by atoms with Crippen molar-refractivity contribution in [2.75, 3.05) is 6.54 Å². The van der Waals surface area contributed by atoms with Gasteiger partial charge in [0.15, 0.2) is 0 Å². The first-order valence-electron chi connectivity index (χ1n) is 19.5. The lowest BCUT2D eigenvalue weighted by molar-refractivity contribution is -0.222. The van der Waals surface area contributed by atoms with Crippen molar-refractivity contribution in [3.8, 4) is 0 Å². The normalized spacial score (nSPS) is 15.3. The van der Waals surface area contributed by atoms with E-state index in [2.05, 4.69) is 15.3 Å². The number of rotatable bonds is 21. The largest absolute Gasteiger partial charge is 0.404 e. The van der Waals surface area contributed by atoms with Crippen molar-refractivity contribution in [3.63, 3.8) is 0 Å². The molecule has 0 aliphatic carbocycles. The summed E-state index contributed by atoms with van der Waals surface area (Å²) in [7, 11) is 0. The lowest BCUT2D eigenvalue weighted by Crippen LogP contribution is -2.63. The second-order valence-electron chi connectivity index (χ2n) is 15.9. The molecule has 0 radical (unpaired) electrons. The van der Waals surface area contributed by atoms with Gasteiger partial charge in [0.2, 0.25) is 17.7 Å². The Morgan fingerprint density at radius 2 is 1.12 bits per heavy atom. The minimum absolute atomic E-state index is 0.00835. The number of aliphatic hydroxyl groups is 1. The van der Waals surface area contributed by atoms with Crippen LogP contribution in [0.15, 0.2) is 58.8 Å². The minimum atomic E-state index is -5.20. The van der Waals surface area contributed by atoms with E-state index in [0.29, 0.717) is 57.3 Å². The average Bonchev–Trinajstić information content (AvgIpc) is 3.19. The third-order valence-electron chi connectivity index (χ3n) is 10.2. The van der Waals surface area contributed by atoms with E-state index in [0.717, 1.165) is 26.3 Å². The summed E-state index contributed by atoms with van der Waals surface area (Å²) in [5.41, 5.74) is 5.36. The summed E-state index contributed by atoms with van der Waals surface area (Å²) >= 11 is 0. The van der Waals surface area contributed by atoms with Gasteiger partial charge in [0.05, 0.1) is 23.0 Å². The lowest BCUT2D eigenvalue weighted by atomic mass is 9.82. The summed E-state index contributed by atoms with van der Waals surface area (Å²) in [5, 5.41) is 18.2. The summed E-state index contributed by atoms with van der Waals surface area (Å²) < 4.78 is 168. The van der Waals surface area contributed by atoms with Crippen molar-refractivity contribution < 1.29 is 77.0 Å². The van der Waals surface area contributed by atoms with Gasteiger partial charge >= 0.3 is 25.5 Å². The number of amides is 4. The SMILES string of the molecule is CC(=O)NC(C(=O)N[C@@H](Cc1ccc(C(C=NC(F)F)=CN)cc1)[C@@H](O)CN(Cc1c(F)cc(C(C=NC(F)F)=CN)cc1F)NC(=O)[C@@H](NC(C)=O)C(C)(C)C(F)(F)F)C(C)(C)C(F)(F)F. The first kappa shape index (κ1) is 56.9. The number of aliphatic imine (C=N–C) groups is 2. The summed E-state index contributed by atoms with van der Waals surface area (Å²) in [6.45, 7) is -4.89. The minimum Gasteiger partial charge on any atom is -0.404 e. The van der Waals surface area contributed by atoms with Crippen LogP contribution in [0.4, 0.5) is 52.7 Å². The molecular formula is C41H49F12N9O5. The number of nitrogens with one attached hydrogen (secondary N) is 4. The number of aliphatic hydroxyl groups excluding tert-OH is 1. The van der Waals surface area contributed by atoms with Crippen molar-refractivity contribution in [3.05, 3.63) is 82.7 Å². The van der Waals surface area contributed by atoms with Crippen LogP contribution in [0.25, 0.3) is 11.1 Å². The van der Waals surface area contributed by atoms with Gasteiger partial charge in [0, 0.05) is 68.5 Å². The van der Waals surface area contributed by atoms with Gasteiger partial charge in [-0.3, -0.25) is 24.6 Å². The van der Waals surface area contributed by atoms with Crippen molar-refractivity contribution >= 4 is 47.2 Å². The standard InChI is InChI=1S/C41H49F12N9O5/c1-20(63)58-32(38(3,4)40(48,49)50)34(66)60-30(11-22-7-9-23(10-8-22)25(14-54)16-56-36(44)45)31(65)19-62(61-35(67)33(59-21(2)64)39(5,6)41(51,52)53)18-27-28(42)12-24(13-29(27)43)26(15-55)17-57-37(46)47/h7-10,12-17,30-33,36-37,65H,11,18-19,54-55H2,1-6H3,(H,58,63)(H,59,64)(H,60,66)(H,61,67)/t30-,31-,32?,33+/m0/s1. The Bertz CT molecular complexity index is 2160. The zero-order valence-corrected chi connectivity index (χ0v) is 36.5. The van der Waals surface area contributed by atoms with Crippen LogP contribution in [0.2, 0.25) is 0 Å². The first-order chi connectivity index (χ1) is 30.8. The molecule has 4 amide bonds.